The molecule has 0 aliphatic rings. The number of hydrogen-bond acceptors (Lipinski definition) is 5. The molecule has 5 aromatic rings. The van der Waals surface area contributed by atoms with Crippen LogP contribution >= 0.6 is 0 Å². The Morgan fingerprint density at radius 2 is 1.90 bits per heavy atom. The highest BCUT2D eigenvalue weighted by Crippen LogP contribution is 2.28. The molecule has 7 nitrogen and oxygen atoms in total. The van der Waals surface area contributed by atoms with E-state index in [9.17, 15) is 4.39 Å². The van der Waals surface area contributed by atoms with Gasteiger partial charge < -0.3 is 5.32 Å². The van der Waals surface area contributed by atoms with Gasteiger partial charge in [-0.05, 0) is 44.2 Å². The van der Waals surface area contributed by atoms with Gasteiger partial charge in [0.2, 0.25) is 0 Å². The number of hydrogen-bond donors (Lipinski definition) is 1. The highest BCUT2D eigenvalue weighted by atomic mass is 19.1. The predicted octanol–water partition coefficient (Wildman–Crippen LogP) is 4.60. The van der Waals surface area contributed by atoms with Crippen molar-refractivity contribution in [3.05, 3.63) is 90.3 Å². The Morgan fingerprint density at radius 3 is 2.74 bits per heavy atom. The lowest BCUT2D eigenvalue weighted by Gasteiger charge is -2.14. The van der Waals surface area contributed by atoms with Gasteiger partial charge in [0.1, 0.15) is 18.0 Å². The first-order valence-electron chi connectivity index (χ1n) is 9.93. The van der Waals surface area contributed by atoms with E-state index in [4.69, 9.17) is 5.10 Å². The molecule has 0 spiro atoms. The molecule has 0 radical (unpaired) electrons. The summed E-state index contributed by atoms with van der Waals surface area (Å²) in [7, 11) is 0. The van der Waals surface area contributed by atoms with E-state index in [0.29, 0.717) is 17.2 Å². The van der Waals surface area contributed by atoms with Crippen LogP contribution < -0.4 is 5.32 Å². The quantitative estimate of drug-likeness (QED) is 0.456. The first kappa shape index (κ1) is 18.9. The SMILES string of the molecule is Cc1cccc(-n2nc(NC(C)c3ccccc3F)cc2-c2ccc3ncnn3c2)n1. The number of benzene rings is 1. The summed E-state index contributed by atoms with van der Waals surface area (Å²) in [6.07, 6.45) is 3.41. The first-order chi connectivity index (χ1) is 15.1. The first-order valence-corrected chi connectivity index (χ1v) is 9.93. The molecule has 0 fully saturated rings. The number of aryl methyl sites for hydroxylation is 1. The molecule has 4 heterocycles. The highest BCUT2D eigenvalue weighted by Gasteiger charge is 2.17. The molecule has 1 unspecified atom stereocenters. The van der Waals surface area contributed by atoms with E-state index in [-0.39, 0.29) is 11.9 Å². The molecule has 0 bridgehead atoms. The molecular formula is C23H20FN7. The Kier molecular flexibility index (Phi) is 4.66. The summed E-state index contributed by atoms with van der Waals surface area (Å²) in [5.74, 6) is 1.06. The van der Waals surface area contributed by atoms with E-state index in [1.807, 2.05) is 62.5 Å². The third kappa shape index (κ3) is 3.63. The molecule has 0 amide bonds. The summed E-state index contributed by atoms with van der Waals surface area (Å²) < 4.78 is 17.7. The highest BCUT2D eigenvalue weighted by molar-refractivity contribution is 5.66. The Hall–Kier alpha value is -4.07. The number of rotatable bonds is 5. The molecule has 1 N–H and O–H groups in total. The summed E-state index contributed by atoms with van der Waals surface area (Å²) in [5.41, 5.74) is 3.96. The van der Waals surface area contributed by atoms with Crippen LogP contribution in [0, 0.1) is 12.7 Å². The monoisotopic (exact) mass is 413 g/mol. The molecular weight excluding hydrogens is 393 g/mol. The molecule has 1 aromatic carbocycles. The van der Waals surface area contributed by atoms with Crippen molar-refractivity contribution in [2.75, 3.05) is 5.32 Å². The zero-order chi connectivity index (χ0) is 21.4. The van der Waals surface area contributed by atoms with Gasteiger partial charge >= 0.3 is 0 Å². The van der Waals surface area contributed by atoms with Crippen molar-refractivity contribution in [3.63, 3.8) is 0 Å². The number of halogens is 1. The Bertz CT molecular complexity index is 1370. The van der Waals surface area contributed by atoms with Crippen LogP contribution in [0.3, 0.4) is 0 Å². The lowest BCUT2D eigenvalue weighted by molar-refractivity contribution is 0.600. The van der Waals surface area contributed by atoms with Crippen molar-refractivity contribution in [2.24, 2.45) is 0 Å². The van der Waals surface area contributed by atoms with Crippen LogP contribution in [0.5, 0.6) is 0 Å². The minimum atomic E-state index is -0.263. The summed E-state index contributed by atoms with van der Waals surface area (Å²) >= 11 is 0. The molecule has 154 valence electrons. The third-order valence-corrected chi connectivity index (χ3v) is 5.11. The lowest BCUT2D eigenvalue weighted by Crippen LogP contribution is -2.09. The van der Waals surface area contributed by atoms with Crippen LogP contribution in [0.2, 0.25) is 0 Å². The van der Waals surface area contributed by atoms with Crippen molar-refractivity contribution in [3.8, 4) is 17.1 Å². The molecule has 0 aliphatic heterocycles. The van der Waals surface area contributed by atoms with E-state index in [0.717, 1.165) is 22.6 Å². The summed E-state index contributed by atoms with van der Waals surface area (Å²) in [4.78, 5) is 8.83. The fraction of sp³-hybridized carbons (Fsp3) is 0.130. The van der Waals surface area contributed by atoms with E-state index < -0.39 is 0 Å². The summed E-state index contributed by atoms with van der Waals surface area (Å²) in [6.45, 7) is 3.84. The van der Waals surface area contributed by atoms with Crippen molar-refractivity contribution >= 4 is 11.5 Å². The van der Waals surface area contributed by atoms with Gasteiger partial charge in [-0.15, -0.1) is 5.10 Å². The van der Waals surface area contributed by atoms with Crippen molar-refractivity contribution in [1.29, 1.82) is 0 Å². The van der Waals surface area contributed by atoms with Gasteiger partial charge in [0.05, 0.1) is 11.7 Å². The predicted molar refractivity (Wildman–Crippen MR) is 117 cm³/mol. The molecule has 0 saturated heterocycles. The summed E-state index contributed by atoms with van der Waals surface area (Å²) in [6, 6.07) is 18.1. The van der Waals surface area contributed by atoms with E-state index in [1.165, 1.54) is 12.4 Å². The van der Waals surface area contributed by atoms with E-state index in [2.05, 4.69) is 20.4 Å². The second-order valence-electron chi connectivity index (χ2n) is 7.33. The minimum absolute atomic E-state index is 0.251. The standard InChI is InChI=1S/C23H20FN7/c1-15-6-5-9-23(27-15)31-20(17-10-11-22-25-14-26-30(22)13-17)12-21(29-31)28-16(2)18-7-3-4-8-19(18)24/h3-14,16H,1-2H3,(H,28,29). The normalized spacial score (nSPS) is 12.2. The van der Waals surface area contributed by atoms with Gasteiger partial charge in [-0.25, -0.2) is 23.6 Å². The van der Waals surface area contributed by atoms with E-state index >= 15 is 0 Å². The Balaban J connectivity index is 1.59. The van der Waals surface area contributed by atoms with Gasteiger partial charge in [-0.1, -0.05) is 24.3 Å². The van der Waals surface area contributed by atoms with Crippen LogP contribution in [0.4, 0.5) is 10.2 Å². The zero-order valence-electron chi connectivity index (χ0n) is 17.1. The fourth-order valence-corrected chi connectivity index (χ4v) is 3.57. The van der Waals surface area contributed by atoms with Gasteiger partial charge in [-0.3, -0.25) is 0 Å². The number of nitrogens with zero attached hydrogens (tertiary/aromatic N) is 6. The maximum atomic E-state index is 14.2. The van der Waals surface area contributed by atoms with Gasteiger partial charge in [0, 0.05) is 29.1 Å². The second kappa shape index (κ2) is 7.64. The van der Waals surface area contributed by atoms with Crippen molar-refractivity contribution in [1.82, 2.24) is 29.4 Å². The maximum absolute atomic E-state index is 14.2. The van der Waals surface area contributed by atoms with Crippen LogP contribution in [0.15, 0.2) is 73.2 Å². The molecule has 1 atom stereocenters. The van der Waals surface area contributed by atoms with Gasteiger partial charge in [0.25, 0.3) is 0 Å². The van der Waals surface area contributed by atoms with Crippen LogP contribution in [-0.2, 0) is 0 Å². The van der Waals surface area contributed by atoms with Crippen LogP contribution in [-0.4, -0.2) is 29.4 Å². The number of fused-ring (bicyclic) bond motifs is 1. The molecule has 0 aliphatic carbocycles. The number of anilines is 1. The maximum Gasteiger partial charge on any atom is 0.155 e. The second-order valence-corrected chi connectivity index (χ2v) is 7.33. The third-order valence-electron chi connectivity index (χ3n) is 5.11. The van der Waals surface area contributed by atoms with Crippen LogP contribution in [0.1, 0.15) is 24.2 Å². The number of pyridine rings is 2. The van der Waals surface area contributed by atoms with E-state index in [1.54, 1.807) is 21.3 Å². The Labute approximate surface area is 178 Å². The Morgan fingerprint density at radius 1 is 1.03 bits per heavy atom. The average molecular weight is 413 g/mol. The average Bonchev–Trinajstić information content (AvgIpc) is 3.40. The molecule has 8 heteroatoms. The molecule has 4 aromatic heterocycles. The molecule has 31 heavy (non-hydrogen) atoms. The summed E-state index contributed by atoms with van der Waals surface area (Å²) in [5, 5.41) is 12.3. The zero-order valence-corrected chi connectivity index (χ0v) is 17.1. The fourth-order valence-electron chi connectivity index (χ4n) is 3.57. The van der Waals surface area contributed by atoms with Gasteiger partial charge in [0.15, 0.2) is 11.5 Å². The van der Waals surface area contributed by atoms with Crippen molar-refractivity contribution in [2.45, 2.75) is 19.9 Å². The lowest BCUT2D eigenvalue weighted by atomic mass is 10.1. The number of aromatic nitrogens is 6. The molecule has 5 rings (SSSR count). The largest absolute Gasteiger partial charge is 0.362 e. The topological polar surface area (TPSA) is 72.9 Å². The molecule has 0 saturated carbocycles. The van der Waals surface area contributed by atoms with Gasteiger partial charge in [-0.2, -0.15) is 5.10 Å². The smallest absolute Gasteiger partial charge is 0.155 e. The minimum Gasteiger partial charge on any atom is -0.362 e. The van der Waals surface area contributed by atoms with Crippen LogP contribution in [0.25, 0.3) is 22.7 Å². The number of nitrogens with one attached hydrogen (secondary N) is 1. The van der Waals surface area contributed by atoms with Crippen molar-refractivity contribution < 1.29 is 4.39 Å².